The molecule has 1 aromatic rings. The highest BCUT2D eigenvalue weighted by Crippen LogP contribution is 2.19. The summed E-state index contributed by atoms with van der Waals surface area (Å²) >= 11 is 5.72. The van der Waals surface area contributed by atoms with Gasteiger partial charge in [-0.25, -0.2) is 0 Å². The summed E-state index contributed by atoms with van der Waals surface area (Å²) in [5.41, 5.74) is 1.12. The van der Waals surface area contributed by atoms with Gasteiger partial charge in [-0.15, -0.1) is 0 Å². The summed E-state index contributed by atoms with van der Waals surface area (Å²) in [6.07, 6.45) is 0.696. The van der Waals surface area contributed by atoms with E-state index in [0.717, 1.165) is 10.6 Å². The predicted octanol–water partition coefficient (Wildman–Crippen LogP) is 2.64. The van der Waals surface area contributed by atoms with Crippen LogP contribution in [0.15, 0.2) is 24.3 Å². The molecule has 2 heteroatoms. The molecule has 0 heterocycles. The normalized spacial score (nSPS) is 12.9. The Labute approximate surface area is 78.0 Å². The third kappa shape index (κ3) is 2.50. The van der Waals surface area contributed by atoms with Gasteiger partial charge in [-0.1, -0.05) is 23.7 Å². The van der Waals surface area contributed by atoms with Crippen LogP contribution in [0.2, 0.25) is 5.02 Å². The van der Waals surface area contributed by atoms with Crippen molar-refractivity contribution in [1.82, 2.24) is 0 Å². The molecule has 1 radical (unpaired) electrons. The third-order valence-corrected chi connectivity index (χ3v) is 2.07. The van der Waals surface area contributed by atoms with E-state index in [1.165, 1.54) is 0 Å². The van der Waals surface area contributed by atoms with E-state index < -0.39 is 0 Å². The lowest BCUT2D eigenvalue weighted by Crippen LogP contribution is -1.96. The van der Waals surface area contributed by atoms with Crippen LogP contribution in [0.1, 0.15) is 17.9 Å². The molecular weight excluding hydrogens is 172 g/mol. The Morgan fingerprint density at radius 1 is 1.33 bits per heavy atom. The zero-order chi connectivity index (χ0) is 8.97. The molecule has 1 atom stereocenters. The van der Waals surface area contributed by atoms with E-state index in [-0.39, 0.29) is 12.5 Å². The van der Waals surface area contributed by atoms with Gasteiger partial charge in [0.25, 0.3) is 0 Å². The molecule has 0 aromatic heterocycles. The van der Waals surface area contributed by atoms with Gasteiger partial charge in [0.1, 0.15) is 0 Å². The maximum absolute atomic E-state index is 8.69. The van der Waals surface area contributed by atoms with E-state index in [4.69, 9.17) is 16.7 Å². The molecule has 12 heavy (non-hydrogen) atoms. The van der Waals surface area contributed by atoms with Crippen LogP contribution < -0.4 is 0 Å². The first-order chi connectivity index (χ1) is 5.74. The number of aliphatic hydroxyl groups is 1. The van der Waals surface area contributed by atoms with Gasteiger partial charge in [0.05, 0.1) is 0 Å². The molecule has 1 N–H and O–H groups in total. The van der Waals surface area contributed by atoms with Crippen molar-refractivity contribution < 1.29 is 5.11 Å². The summed E-state index contributed by atoms with van der Waals surface area (Å²) in [6.45, 7) is 4.10. The molecule has 0 aliphatic rings. The van der Waals surface area contributed by atoms with Crippen molar-refractivity contribution in [1.29, 1.82) is 0 Å². The van der Waals surface area contributed by atoms with Crippen LogP contribution in [-0.4, -0.2) is 11.7 Å². The first kappa shape index (κ1) is 9.56. The van der Waals surface area contributed by atoms with Crippen molar-refractivity contribution in [2.45, 2.75) is 12.3 Å². The highest BCUT2D eigenvalue weighted by molar-refractivity contribution is 6.30. The number of aliphatic hydroxyl groups excluding tert-OH is 1. The third-order valence-electron chi connectivity index (χ3n) is 1.82. The highest BCUT2D eigenvalue weighted by atomic mass is 35.5. The monoisotopic (exact) mass is 183 g/mol. The Hall–Kier alpha value is -0.530. The van der Waals surface area contributed by atoms with Crippen molar-refractivity contribution in [3.05, 3.63) is 41.8 Å². The first-order valence-corrected chi connectivity index (χ1v) is 4.31. The first-order valence-electron chi connectivity index (χ1n) is 3.93. The van der Waals surface area contributed by atoms with Crippen LogP contribution in [0.5, 0.6) is 0 Å². The summed E-state index contributed by atoms with van der Waals surface area (Å²) in [7, 11) is 0. The van der Waals surface area contributed by atoms with Gasteiger partial charge in [-0.05, 0) is 37.0 Å². The minimum atomic E-state index is 0.160. The number of rotatable bonds is 3. The van der Waals surface area contributed by atoms with E-state index >= 15 is 0 Å². The van der Waals surface area contributed by atoms with Crippen LogP contribution in [0.4, 0.5) is 0 Å². The van der Waals surface area contributed by atoms with Crippen LogP contribution in [0, 0.1) is 6.92 Å². The highest BCUT2D eigenvalue weighted by Gasteiger charge is 2.03. The minimum Gasteiger partial charge on any atom is -0.396 e. The van der Waals surface area contributed by atoms with Gasteiger partial charge in [-0.3, -0.25) is 0 Å². The van der Waals surface area contributed by atoms with Gasteiger partial charge < -0.3 is 5.11 Å². The maximum Gasteiger partial charge on any atom is 0.0436 e. The van der Waals surface area contributed by atoms with Crippen molar-refractivity contribution in [2.75, 3.05) is 6.61 Å². The fraction of sp³-hybridized carbons (Fsp3) is 0.300. The quantitative estimate of drug-likeness (QED) is 0.764. The fourth-order valence-electron chi connectivity index (χ4n) is 1.06. The van der Waals surface area contributed by atoms with Crippen LogP contribution in [-0.2, 0) is 0 Å². The number of hydrogen-bond acceptors (Lipinski definition) is 1. The van der Waals surface area contributed by atoms with Crippen molar-refractivity contribution in [2.24, 2.45) is 0 Å². The molecule has 1 unspecified atom stereocenters. The fourth-order valence-corrected chi connectivity index (χ4v) is 1.18. The maximum atomic E-state index is 8.69. The lowest BCUT2D eigenvalue weighted by atomic mass is 9.98. The lowest BCUT2D eigenvalue weighted by Gasteiger charge is -2.09. The van der Waals surface area contributed by atoms with Crippen LogP contribution in [0.25, 0.3) is 0 Å². The molecule has 0 aliphatic carbocycles. The minimum absolute atomic E-state index is 0.160. The van der Waals surface area contributed by atoms with E-state index in [1.54, 1.807) is 0 Å². The summed E-state index contributed by atoms with van der Waals surface area (Å²) in [4.78, 5) is 0. The summed E-state index contributed by atoms with van der Waals surface area (Å²) in [6, 6.07) is 7.56. The number of benzene rings is 1. The SMILES string of the molecule is [CH2]C(CCO)c1ccc(Cl)cc1. The molecule has 0 saturated carbocycles. The zero-order valence-electron chi connectivity index (χ0n) is 6.83. The molecule has 0 fully saturated rings. The Kier molecular flexibility index (Phi) is 3.57. The van der Waals surface area contributed by atoms with Crippen molar-refractivity contribution in [3.63, 3.8) is 0 Å². The Morgan fingerprint density at radius 2 is 1.92 bits per heavy atom. The molecule has 65 valence electrons. The largest absolute Gasteiger partial charge is 0.396 e. The Bertz CT molecular complexity index is 230. The molecule has 1 rings (SSSR count). The number of halogens is 1. The Morgan fingerprint density at radius 3 is 2.42 bits per heavy atom. The summed E-state index contributed by atoms with van der Waals surface area (Å²) in [5.74, 6) is 0.160. The smallest absolute Gasteiger partial charge is 0.0436 e. The van der Waals surface area contributed by atoms with E-state index in [0.29, 0.717) is 6.42 Å². The summed E-state index contributed by atoms with van der Waals surface area (Å²) in [5, 5.41) is 9.42. The zero-order valence-corrected chi connectivity index (χ0v) is 7.59. The summed E-state index contributed by atoms with van der Waals surface area (Å²) < 4.78 is 0. The Balaban J connectivity index is 2.68. The van der Waals surface area contributed by atoms with E-state index in [2.05, 4.69) is 6.92 Å². The molecule has 0 saturated heterocycles. The molecule has 1 nitrogen and oxygen atoms in total. The molecular formula is C10H12ClO. The van der Waals surface area contributed by atoms with Crippen LogP contribution in [0.3, 0.4) is 0 Å². The average Bonchev–Trinajstić information content (AvgIpc) is 2.06. The van der Waals surface area contributed by atoms with Gasteiger partial charge in [-0.2, -0.15) is 0 Å². The van der Waals surface area contributed by atoms with Gasteiger partial charge >= 0.3 is 0 Å². The van der Waals surface area contributed by atoms with Crippen LogP contribution >= 0.6 is 11.6 Å². The molecule has 0 aliphatic heterocycles. The van der Waals surface area contributed by atoms with Crippen molar-refractivity contribution >= 4 is 11.6 Å². The van der Waals surface area contributed by atoms with Crippen molar-refractivity contribution in [3.8, 4) is 0 Å². The van der Waals surface area contributed by atoms with Gasteiger partial charge in [0.15, 0.2) is 0 Å². The lowest BCUT2D eigenvalue weighted by molar-refractivity contribution is 0.282. The molecule has 0 spiro atoms. The second-order valence-corrected chi connectivity index (χ2v) is 3.20. The van der Waals surface area contributed by atoms with Gasteiger partial charge in [0, 0.05) is 11.6 Å². The van der Waals surface area contributed by atoms with E-state index in [9.17, 15) is 0 Å². The topological polar surface area (TPSA) is 20.2 Å². The molecule has 1 aromatic carbocycles. The van der Waals surface area contributed by atoms with Gasteiger partial charge in [0.2, 0.25) is 0 Å². The average molecular weight is 184 g/mol. The van der Waals surface area contributed by atoms with E-state index in [1.807, 2.05) is 24.3 Å². The molecule has 0 amide bonds. The molecule has 0 bridgehead atoms. The second-order valence-electron chi connectivity index (χ2n) is 2.76. The standard InChI is InChI=1S/C10H12ClO/c1-8(6-7-12)9-2-4-10(11)5-3-9/h2-5,8,12H,1,6-7H2. The number of hydrogen-bond donors (Lipinski definition) is 1. The predicted molar refractivity (Wildman–Crippen MR) is 51.3 cm³/mol. The second kappa shape index (κ2) is 4.48.